The molecule has 1 amide bonds. The van der Waals surface area contributed by atoms with Gasteiger partial charge in [-0.2, -0.15) is 4.98 Å². The lowest BCUT2D eigenvalue weighted by molar-refractivity contribution is -0.136. The van der Waals surface area contributed by atoms with Gasteiger partial charge >= 0.3 is 0 Å². The summed E-state index contributed by atoms with van der Waals surface area (Å²) < 4.78 is 5.30. The molecule has 0 spiro atoms. The first-order valence-electron chi connectivity index (χ1n) is 7.62. The van der Waals surface area contributed by atoms with Crippen molar-refractivity contribution in [3.05, 3.63) is 11.7 Å². The van der Waals surface area contributed by atoms with Crippen molar-refractivity contribution in [3.63, 3.8) is 0 Å². The van der Waals surface area contributed by atoms with Gasteiger partial charge in [0.2, 0.25) is 11.8 Å². The molecule has 9 heteroatoms. The number of nitrogens with zero attached hydrogens (tertiary/aromatic N) is 4. The summed E-state index contributed by atoms with van der Waals surface area (Å²) in [6.45, 7) is 9.42. The molecular weight excluding hydrogens is 341 g/mol. The number of rotatable bonds is 5. The van der Waals surface area contributed by atoms with E-state index in [0.29, 0.717) is 12.4 Å². The maximum Gasteiger partial charge on any atom is 0.243 e. The normalized spacial score (nSPS) is 17.8. The SMILES string of the molecule is CCc1noc(C(C)N2CCN(C(=O)C(C)CN)CC2)n1.Cl.Cl. The quantitative estimate of drug-likeness (QED) is 0.842. The molecule has 0 radical (unpaired) electrons. The van der Waals surface area contributed by atoms with Gasteiger partial charge in [0.25, 0.3) is 0 Å². The van der Waals surface area contributed by atoms with Crippen LogP contribution in [0.1, 0.15) is 38.5 Å². The van der Waals surface area contributed by atoms with Crippen molar-refractivity contribution in [2.45, 2.75) is 33.2 Å². The van der Waals surface area contributed by atoms with Crippen LogP contribution in [-0.2, 0) is 11.2 Å². The number of halogens is 2. The van der Waals surface area contributed by atoms with Gasteiger partial charge in [0.05, 0.1) is 6.04 Å². The van der Waals surface area contributed by atoms with Gasteiger partial charge in [0.15, 0.2) is 5.82 Å². The van der Waals surface area contributed by atoms with Crippen LogP contribution in [0, 0.1) is 5.92 Å². The van der Waals surface area contributed by atoms with E-state index in [1.54, 1.807) is 0 Å². The molecule has 0 bridgehead atoms. The highest BCUT2D eigenvalue weighted by Gasteiger charge is 2.28. The summed E-state index contributed by atoms with van der Waals surface area (Å²) in [5.41, 5.74) is 5.56. The number of hydrogen-bond acceptors (Lipinski definition) is 6. The zero-order valence-electron chi connectivity index (χ0n) is 13.9. The molecule has 2 rings (SSSR count). The van der Waals surface area contributed by atoms with Gasteiger partial charge in [-0.25, -0.2) is 0 Å². The number of aromatic nitrogens is 2. The van der Waals surface area contributed by atoms with Gasteiger partial charge in [-0.3, -0.25) is 9.69 Å². The zero-order chi connectivity index (χ0) is 15.4. The molecule has 1 aliphatic rings. The van der Waals surface area contributed by atoms with E-state index in [2.05, 4.69) is 22.0 Å². The fourth-order valence-electron chi connectivity index (χ4n) is 2.48. The van der Waals surface area contributed by atoms with E-state index in [4.69, 9.17) is 10.3 Å². The third-order valence-electron chi connectivity index (χ3n) is 4.11. The Hall–Kier alpha value is -0.890. The maximum absolute atomic E-state index is 12.1. The van der Waals surface area contributed by atoms with Crippen LogP contribution in [0.15, 0.2) is 4.52 Å². The van der Waals surface area contributed by atoms with E-state index in [0.717, 1.165) is 38.4 Å². The fraction of sp³-hybridized carbons (Fsp3) is 0.786. The highest BCUT2D eigenvalue weighted by atomic mass is 35.5. The Balaban J connectivity index is 0.00000242. The molecule has 0 aliphatic carbocycles. The molecule has 1 saturated heterocycles. The van der Waals surface area contributed by atoms with Crippen LogP contribution in [-0.4, -0.2) is 58.6 Å². The molecule has 0 saturated carbocycles. The zero-order valence-corrected chi connectivity index (χ0v) is 15.5. The first-order chi connectivity index (χ1) is 10.1. The molecule has 2 atom stereocenters. The lowest BCUT2D eigenvalue weighted by atomic mass is 10.1. The number of carbonyl (C=O) groups is 1. The predicted molar refractivity (Wildman–Crippen MR) is 93.0 cm³/mol. The first-order valence-corrected chi connectivity index (χ1v) is 7.62. The van der Waals surface area contributed by atoms with E-state index < -0.39 is 0 Å². The van der Waals surface area contributed by atoms with E-state index in [9.17, 15) is 4.79 Å². The van der Waals surface area contributed by atoms with Crippen molar-refractivity contribution < 1.29 is 9.32 Å². The highest BCUT2D eigenvalue weighted by Crippen LogP contribution is 2.20. The van der Waals surface area contributed by atoms with Crippen LogP contribution in [0.3, 0.4) is 0 Å². The van der Waals surface area contributed by atoms with Crippen molar-refractivity contribution in [1.29, 1.82) is 0 Å². The molecule has 7 nitrogen and oxygen atoms in total. The molecule has 0 aromatic carbocycles. The second kappa shape index (κ2) is 10.1. The molecule has 1 aromatic heterocycles. The van der Waals surface area contributed by atoms with E-state index in [-0.39, 0.29) is 42.7 Å². The molecule has 1 aliphatic heterocycles. The maximum atomic E-state index is 12.1. The van der Waals surface area contributed by atoms with Gasteiger partial charge in [0.1, 0.15) is 0 Å². The van der Waals surface area contributed by atoms with Gasteiger partial charge in [0, 0.05) is 45.1 Å². The number of piperazine rings is 1. The van der Waals surface area contributed by atoms with Crippen LogP contribution < -0.4 is 5.73 Å². The number of nitrogens with two attached hydrogens (primary N) is 1. The van der Waals surface area contributed by atoms with E-state index >= 15 is 0 Å². The average molecular weight is 368 g/mol. The Kier molecular flexibility index (Phi) is 9.68. The lowest BCUT2D eigenvalue weighted by Gasteiger charge is -2.37. The molecule has 2 N–H and O–H groups in total. The van der Waals surface area contributed by atoms with Crippen molar-refractivity contribution in [2.75, 3.05) is 32.7 Å². The number of hydrogen-bond donors (Lipinski definition) is 1. The second-order valence-electron chi connectivity index (χ2n) is 5.58. The molecular formula is C14H27Cl2N5O2. The van der Waals surface area contributed by atoms with Crippen LogP contribution in [0.4, 0.5) is 0 Å². The minimum absolute atomic E-state index is 0. The van der Waals surface area contributed by atoms with E-state index in [1.165, 1.54) is 0 Å². The van der Waals surface area contributed by atoms with Crippen LogP contribution in [0.25, 0.3) is 0 Å². The summed E-state index contributed by atoms with van der Waals surface area (Å²) in [5, 5.41) is 3.94. The van der Waals surface area contributed by atoms with Gasteiger partial charge in [-0.05, 0) is 6.92 Å². The Morgan fingerprint density at radius 3 is 2.35 bits per heavy atom. The average Bonchev–Trinajstić information content (AvgIpc) is 3.02. The Morgan fingerprint density at radius 2 is 1.87 bits per heavy atom. The van der Waals surface area contributed by atoms with Crippen molar-refractivity contribution in [3.8, 4) is 0 Å². The summed E-state index contributed by atoms with van der Waals surface area (Å²) in [5.74, 6) is 1.44. The smallest absolute Gasteiger partial charge is 0.243 e. The minimum atomic E-state index is -0.1000. The van der Waals surface area contributed by atoms with Crippen molar-refractivity contribution in [2.24, 2.45) is 11.7 Å². The molecule has 134 valence electrons. The number of aryl methyl sites for hydroxylation is 1. The Labute approximate surface area is 149 Å². The lowest BCUT2D eigenvalue weighted by Crippen LogP contribution is -2.51. The van der Waals surface area contributed by atoms with Crippen LogP contribution in [0.5, 0.6) is 0 Å². The number of carbonyl (C=O) groups excluding carboxylic acids is 1. The number of amides is 1. The van der Waals surface area contributed by atoms with Gasteiger partial charge in [-0.1, -0.05) is 19.0 Å². The first kappa shape index (κ1) is 22.1. The molecule has 2 unspecified atom stereocenters. The van der Waals surface area contributed by atoms with Crippen molar-refractivity contribution >= 4 is 30.7 Å². The summed E-state index contributed by atoms with van der Waals surface area (Å²) in [7, 11) is 0. The summed E-state index contributed by atoms with van der Waals surface area (Å²) in [4.78, 5) is 20.6. The standard InChI is InChI=1S/C14H25N5O2.2ClH/c1-4-12-16-13(21-17-12)11(3)18-5-7-19(8-6-18)14(20)10(2)9-15;;/h10-11H,4-9,15H2,1-3H3;2*1H. The summed E-state index contributed by atoms with van der Waals surface area (Å²) >= 11 is 0. The van der Waals surface area contributed by atoms with Crippen molar-refractivity contribution in [1.82, 2.24) is 19.9 Å². The molecule has 2 heterocycles. The third-order valence-corrected chi connectivity index (χ3v) is 4.11. The summed E-state index contributed by atoms with van der Waals surface area (Å²) in [6, 6.07) is 0.0852. The monoisotopic (exact) mass is 367 g/mol. The van der Waals surface area contributed by atoms with Gasteiger partial charge < -0.3 is 15.2 Å². The van der Waals surface area contributed by atoms with Crippen LogP contribution >= 0.6 is 24.8 Å². The van der Waals surface area contributed by atoms with Crippen LogP contribution in [0.2, 0.25) is 0 Å². The highest BCUT2D eigenvalue weighted by molar-refractivity contribution is 5.85. The molecule has 1 aromatic rings. The Bertz CT molecular complexity index is 477. The molecule has 23 heavy (non-hydrogen) atoms. The predicted octanol–water partition coefficient (Wildman–Crippen LogP) is 1.28. The fourth-order valence-corrected chi connectivity index (χ4v) is 2.48. The second-order valence-corrected chi connectivity index (χ2v) is 5.58. The van der Waals surface area contributed by atoms with E-state index in [1.807, 2.05) is 18.7 Å². The summed E-state index contributed by atoms with van der Waals surface area (Å²) in [6.07, 6.45) is 0.773. The third kappa shape index (κ3) is 5.31. The minimum Gasteiger partial charge on any atom is -0.340 e. The topological polar surface area (TPSA) is 88.5 Å². The Morgan fingerprint density at radius 1 is 1.26 bits per heavy atom. The largest absolute Gasteiger partial charge is 0.340 e. The molecule has 1 fully saturated rings. The van der Waals surface area contributed by atoms with Gasteiger partial charge in [-0.15, -0.1) is 24.8 Å².